The minimum Gasteiger partial charge on any atom is -0.449 e. The summed E-state index contributed by atoms with van der Waals surface area (Å²) in [6, 6.07) is 9.45. The SMILES string of the molecule is C[C@@H](OC(=O)c1ccc2c(c1)S(=O)(=O)N=C1CCCCCN12)C(=O)Nc1ccc(F)cc1. The highest BCUT2D eigenvalue weighted by molar-refractivity contribution is 7.90. The predicted molar refractivity (Wildman–Crippen MR) is 117 cm³/mol. The number of amides is 1. The minimum atomic E-state index is -3.95. The lowest BCUT2D eigenvalue weighted by Crippen LogP contribution is -2.35. The van der Waals surface area contributed by atoms with Crippen LogP contribution in [0.5, 0.6) is 0 Å². The van der Waals surface area contributed by atoms with E-state index in [2.05, 4.69) is 9.71 Å². The maximum Gasteiger partial charge on any atom is 0.338 e. The molecule has 8 nitrogen and oxygen atoms in total. The summed E-state index contributed by atoms with van der Waals surface area (Å²) in [4.78, 5) is 26.7. The van der Waals surface area contributed by atoms with Gasteiger partial charge in [0.15, 0.2) is 6.10 Å². The maximum absolute atomic E-state index is 13.0. The van der Waals surface area contributed by atoms with Crippen molar-refractivity contribution in [2.45, 2.75) is 43.6 Å². The van der Waals surface area contributed by atoms with Gasteiger partial charge in [0.05, 0.1) is 11.3 Å². The van der Waals surface area contributed by atoms with Crippen LogP contribution in [0.15, 0.2) is 51.8 Å². The summed E-state index contributed by atoms with van der Waals surface area (Å²) in [5.41, 5.74) is 0.850. The molecule has 0 radical (unpaired) electrons. The number of hydrogen-bond donors (Lipinski definition) is 1. The molecule has 1 atom stereocenters. The van der Waals surface area contributed by atoms with E-state index < -0.39 is 33.8 Å². The molecule has 2 aliphatic heterocycles. The number of esters is 1. The first-order valence-corrected chi connectivity index (χ1v) is 11.7. The molecule has 0 aliphatic carbocycles. The molecular weight excluding hydrogens is 437 g/mol. The molecule has 0 aromatic heterocycles. The van der Waals surface area contributed by atoms with Gasteiger partial charge in [0.25, 0.3) is 15.9 Å². The number of hydrogen-bond acceptors (Lipinski definition) is 6. The first-order valence-electron chi connectivity index (χ1n) is 10.3. The normalized spacial score (nSPS) is 17.8. The second-order valence-electron chi connectivity index (χ2n) is 7.67. The fourth-order valence-corrected chi connectivity index (χ4v) is 4.95. The van der Waals surface area contributed by atoms with E-state index in [1.165, 1.54) is 43.3 Å². The van der Waals surface area contributed by atoms with E-state index in [0.717, 1.165) is 19.3 Å². The first-order chi connectivity index (χ1) is 15.2. The van der Waals surface area contributed by atoms with Crippen molar-refractivity contribution in [2.75, 3.05) is 16.8 Å². The number of anilines is 2. The van der Waals surface area contributed by atoms with Crippen LogP contribution >= 0.6 is 0 Å². The molecule has 168 valence electrons. The Morgan fingerprint density at radius 1 is 1.12 bits per heavy atom. The Kier molecular flexibility index (Phi) is 5.96. The van der Waals surface area contributed by atoms with Crippen LogP contribution in [-0.4, -0.2) is 38.8 Å². The maximum atomic E-state index is 13.0. The van der Waals surface area contributed by atoms with Gasteiger partial charge in [-0.05, 0) is 62.2 Å². The zero-order valence-electron chi connectivity index (χ0n) is 17.4. The van der Waals surface area contributed by atoms with Crippen molar-refractivity contribution in [2.24, 2.45) is 4.40 Å². The third-order valence-electron chi connectivity index (χ3n) is 5.35. The van der Waals surface area contributed by atoms with E-state index in [1.807, 2.05) is 4.90 Å². The van der Waals surface area contributed by atoms with Crippen molar-refractivity contribution in [3.63, 3.8) is 0 Å². The number of nitrogens with zero attached hydrogens (tertiary/aromatic N) is 2. The number of sulfonamides is 1. The smallest absolute Gasteiger partial charge is 0.338 e. The standard InChI is InChI=1S/C22H22FN3O5S/c1-14(21(27)24-17-9-7-16(23)8-10-17)31-22(28)15-6-11-18-19(13-15)32(29,30)25-20-5-3-2-4-12-26(18)20/h6-11,13-14H,2-5,12H2,1H3,(H,24,27)/t14-/m1/s1. The van der Waals surface area contributed by atoms with Crippen LogP contribution < -0.4 is 10.2 Å². The van der Waals surface area contributed by atoms with Crippen molar-refractivity contribution in [1.29, 1.82) is 0 Å². The summed E-state index contributed by atoms with van der Waals surface area (Å²) < 4.78 is 47.6. The van der Waals surface area contributed by atoms with E-state index in [1.54, 1.807) is 6.07 Å². The summed E-state index contributed by atoms with van der Waals surface area (Å²) in [5, 5.41) is 2.52. The number of amidine groups is 1. The molecule has 0 unspecified atom stereocenters. The summed E-state index contributed by atoms with van der Waals surface area (Å²) in [7, 11) is -3.95. The van der Waals surface area contributed by atoms with Gasteiger partial charge >= 0.3 is 5.97 Å². The van der Waals surface area contributed by atoms with Crippen molar-refractivity contribution in [3.05, 3.63) is 53.8 Å². The molecular formula is C22H22FN3O5S. The van der Waals surface area contributed by atoms with Gasteiger partial charge in [-0.25, -0.2) is 9.18 Å². The monoisotopic (exact) mass is 459 g/mol. The van der Waals surface area contributed by atoms with E-state index >= 15 is 0 Å². The number of rotatable bonds is 4. The van der Waals surface area contributed by atoms with Crippen LogP contribution in [0.2, 0.25) is 0 Å². The highest BCUT2D eigenvalue weighted by atomic mass is 32.2. The van der Waals surface area contributed by atoms with Gasteiger partial charge in [-0.15, -0.1) is 4.40 Å². The Balaban J connectivity index is 1.51. The molecule has 2 aromatic carbocycles. The molecule has 1 amide bonds. The lowest BCUT2D eigenvalue weighted by atomic mass is 10.1. The molecule has 0 spiro atoms. The molecule has 1 N–H and O–H groups in total. The minimum absolute atomic E-state index is 0.00206. The van der Waals surface area contributed by atoms with Crippen molar-refractivity contribution >= 4 is 39.1 Å². The van der Waals surface area contributed by atoms with E-state index in [-0.39, 0.29) is 10.5 Å². The van der Waals surface area contributed by atoms with E-state index in [4.69, 9.17) is 4.74 Å². The molecule has 0 bridgehead atoms. The molecule has 1 fully saturated rings. The molecule has 2 aromatic rings. The van der Waals surface area contributed by atoms with Gasteiger partial charge in [-0.1, -0.05) is 6.42 Å². The van der Waals surface area contributed by atoms with Gasteiger partial charge in [0.1, 0.15) is 16.5 Å². The second-order valence-corrected chi connectivity index (χ2v) is 9.24. The molecule has 4 rings (SSSR count). The number of nitrogens with one attached hydrogen (secondary N) is 1. The molecule has 2 heterocycles. The largest absolute Gasteiger partial charge is 0.449 e. The van der Waals surface area contributed by atoms with Crippen molar-refractivity contribution < 1.29 is 27.1 Å². The Morgan fingerprint density at radius 3 is 2.62 bits per heavy atom. The van der Waals surface area contributed by atoms with Crippen LogP contribution in [0.25, 0.3) is 0 Å². The van der Waals surface area contributed by atoms with Crippen molar-refractivity contribution in [3.8, 4) is 0 Å². The molecule has 32 heavy (non-hydrogen) atoms. The number of ether oxygens (including phenoxy) is 1. The van der Waals surface area contributed by atoms with Crippen LogP contribution in [0.3, 0.4) is 0 Å². The summed E-state index contributed by atoms with van der Waals surface area (Å²) in [6.07, 6.45) is 2.22. The summed E-state index contributed by atoms with van der Waals surface area (Å²) >= 11 is 0. The number of halogens is 1. The van der Waals surface area contributed by atoms with Crippen LogP contribution in [0.1, 0.15) is 43.0 Å². The van der Waals surface area contributed by atoms with Gasteiger partial charge in [0.2, 0.25) is 0 Å². The van der Waals surface area contributed by atoms with Crippen LogP contribution in [-0.2, 0) is 19.6 Å². The van der Waals surface area contributed by atoms with Crippen LogP contribution in [0.4, 0.5) is 15.8 Å². The van der Waals surface area contributed by atoms with Gasteiger partial charge < -0.3 is 15.0 Å². The summed E-state index contributed by atoms with van der Waals surface area (Å²) in [5.74, 6) is -1.36. The van der Waals surface area contributed by atoms with Crippen molar-refractivity contribution in [1.82, 2.24) is 0 Å². The molecule has 0 saturated carbocycles. The third kappa shape index (κ3) is 4.50. The Morgan fingerprint density at radius 2 is 1.88 bits per heavy atom. The fourth-order valence-electron chi connectivity index (χ4n) is 3.67. The average Bonchev–Trinajstić information content (AvgIpc) is 3.00. The number of benzene rings is 2. The zero-order valence-corrected chi connectivity index (χ0v) is 18.2. The topological polar surface area (TPSA) is 105 Å². The average molecular weight is 459 g/mol. The summed E-state index contributed by atoms with van der Waals surface area (Å²) in [6.45, 7) is 2.05. The quantitative estimate of drug-likeness (QED) is 0.702. The lowest BCUT2D eigenvalue weighted by Gasteiger charge is -2.29. The number of fused-ring (bicyclic) bond motifs is 3. The van der Waals surface area contributed by atoms with Crippen LogP contribution in [0, 0.1) is 5.82 Å². The number of carbonyl (C=O) groups excluding carboxylic acids is 2. The molecule has 2 aliphatic rings. The van der Waals surface area contributed by atoms with Gasteiger partial charge in [-0.3, -0.25) is 4.79 Å². The predicted octanol–water partition coefficient (Wildman–Crippen LogP) is 3.49. The molecule has 1 saturated heterocycles. The second kappa shape index (κ2) is 8.70. The highest BCUT2D eigenvalue weighted by Crippen LogP contribution is 2.35. The third-order valence-corrected chi connectivity index (χ3v) is 6.68. The Bertz CT molecular complexity index is 1190. The van der Waals surface area contributed by atoms with E-state index in [9.17, 15) is 22.4 Å². The Labute approximate surface area is 185 Å². The Hall–Kier alpha value is -3.27. The zero-order chi connectivity index (χ0) is 22.9. The van der Waals surface area contributed by atoms with Gasteiger partial charge in [-0.2, -0.15) is 8.42 Å². The molecule has 10 heteroatoms. The fraction of sp³-hybridized carbons (Fsp3) is 0.318. The van der Waals surface area contributed by atoms with Gasteiger partial charge in [0, 0.05) is 18.7 Å². The van der Waals surface area contributed by atoms with E-state index in [0.29, 0.717) is 30.2 Å². The lowest BCUT2D eigenvalue weighted by molar-refractivity contribution is -0.123. The number of carbonyl (C=O) groups is 2. The highest BCUT2D eigenvalue weighted by Gasteiger charge is 2.32. The first kappa shape index (κ1) is 21.9.